The van der Waals surface area contributed by atoms with Crippen molar-refractivity contribution in [2.75, 3.05) is 20.8 Å². The number of nitrogens with one attached hydrogen (secondary N) is 1. The number of ether oxygens (including phenoxy) is 2. The molecule has 0 saturated heterocycles. The molecule has 19 heavy (non-hydrogen) atoms. The highest BCUT2D eigenvalue weighted by Crippen LogP contribution is 2.28. The summed E-state index contributed by atoms with van der Waals surface area (Å²) in [5, 5.41) is 3.53. The summed E-state index contributed by atoms with van der Waals surface area (Å²) in [7, 11) is 3.44. The van der Waals surface area contributed by atoms with E-state index in [1.807, 2.05) is 12.1 Å². The number of pyridine rings is 1. The Labute approximate surface area is 116 Å². The quantitative estimate of drug-likeness (QED) is 0.746. The van der Waals surface area contributed by atoms with Crippen LogP contribution in [0.5, 0.6) is 5.75 Å². The van der Waals surface area contributed by atoms with Crippen LogP contribution in [0.25, 0.3) is 0 Å². The fourth-order valence-corrected chi connectivity index (χ4v) is 2.22. The van der Waals surface area contributed by atoms with Gasteiger partial charge in [0.2, 0.25) is 0 Å². The van der Waals surface area contributed by atoms with Crippen molar-refractivity contribution < 1.29 is 9.47 Å². The minimum Gasteiger partial charge on any atom is -0.495 e. The second kappa shape index (κ2) is 8.88. The Hall–Kier alpha value is -1.13. The predicted octanol–water partition coefficient (Wildman–Crippen LogP) is 2.95. The Morgan fingerprint density at radius 2 is 2.05 bits per heavy atom. The van der Waals surface area contributed by atoms with Crippen molar-refractivity contribution in [1.82, 2.24) is 10.3 Å². The van der Waals surface area contributed by atoms with E-state index in [-0.39, 0.29) is 12.1 Å². The lowest BCUT2D eigenvalue weighted by Gasteiger charge is -2.27. The fourth-order valence-electron chi connectivity index (χ4n) is 2.22. The van der Waals surface area contributed by atoms with Gasteiger partial charge in [-0.15, -0.1) is 0 Å². The van der Waals surface area contributed by atoms with Crippen LogP contribution in [0.1, 0.15) is 44.8 Å². The fraction of sp³-hybridized carbons (Fsp3) is 0.667. The zero-order chi connectivity index (χ0) is 14.1. The first-order valence-electron chi connectivity index (χ1n) is 7.03. The van der Waals surface area contributed by atoms with Crippen LogP contribution in [-0.2, 0) is 4.74 Å². The number of hydrogen-bond acceptors (Lipinski definition) is 4. The van der Waals surface area contributed by atoms with Crippen LogP contribution in [0.15, 0.2) is 18.3 Å². The highest BCUT2D eigenvalue weighted by Gasteiger charge is 2.25. The van der Waals surface area contributed by atoms with Gasteiger partial charge in [-0.1, -0.05) is 20.3 Å². The van der Waals surface area contributed by atoms with E-state index in [0.29, 0.717) is 0 Å². The van der Waals surface area contributed by atoms with Gasteiger partial charge in [-0.2, -0.15) is 0 Å². The van der Waals surface area contributed by atoms with Gasteiger partial charge in [-0.05, 0) is 31.5 Å². The number of aromatic nitrogens is 1. The molecule has 0 spiro atoms. The standard InChI is InChI=1S/C15H26N2O2/c1-5-8-12(18-3)14(16-10-6-2)15-13(19-4)9-7-11-17-15/h7,9,11-12,14,16H,5-6,8,10H2,1-4H3. The molecule has 2 atom stereocenters. The molecule has 0 aromatic carbocycles. The third kappa shape index (κ3) is 4.48. The topological polar surface area (TPSA) is 43.4 Å². The molecular formula is C15H26N2O2. The summed E-state index contributed by atoms with van der Waals surface area (Å²) in [6.45, 7) is 5.26. The molecule has 0 saturated carbocycles. The van der Waals surface area contributed by atoms with Gasteiger partial charge in [0.25, 0.3) is 0 Å². The largest absolute Gasteiger partial charge is 0.495 e. The summed E-state index contributed by atoms with van der Waals surface area (Å²) in [6, 6.07) is 3.91. The lowest BCUT2D eigenvalue weighted by atomic mass is 10.0. The van der Waals surface area contributed by atoms with Crippen LogP contribution in [0.3, 0.4) is 0 Å². The van der Waals surface area contributed by atoms with E-state index in [9.17, 15) is 0 Å². The van der Waals surface area contributed by atoms with Gasteiger partial charge < -0.3 is 14.8 Å². The molecular weight excluding hydrogens is 240 g/mol. The Morgan fingerprint density at radius 1 is 1.26 bits per heavy atom. The van der Waals surface area contributed by atoms with Gasteiger partial charge in [0.1, 0.15) is 11.4 Å². The van der Waals surface area contributed by atoms with Crippen molar-refractivity contribution in [2.24, 2.45) is 0 Å². The van der Waals surface area contributed by atoms with Crippen molar-refractivity contribution in [3.63, 3.8) is 0 Å². The molecule has 0 fully saturated rings. The molecule has 0 amide bonds. The first-order chi connectivity index (χ1) is 9.28. The summed E-state index contributed by atoms with van der Waals surface area (Å²) < 4.78 is 11.1. The minimum absolute atomic E-state index is 0.0704. The second-order valence-corrected chi connectivity index (χ2v) is 4.59. The molecule has 1 N–H and O–H groups in total. The molecule has 4 heteroatoms. The first kappa shape index (κ1) is 15.9. The first-order valence-corrected chi connectivity index (χ1v) is 7.03. The Balaban J connectivity index is 2.99. The summed E-state index contributed by atoms with van der Waals surface area (Å²) in [6.07, 6.45) is 5.07. The second-order valence-electron chi connectivity index (χ2n) is 4.59. The summed E-state index contributed by atoms with van der Waals surface area (Å²) in [5.41, 5.74) is 0.929. The third-order valence-corrected chi connectivity index (χ3v) is 3.18. The van der Waals surface area contributed by atoms with Gasteiger partial charge in [0, 0.05) is 13.3 Å². The van der Waals surface area contributed by atoms with E-state index in [0.717, 1.165) is 37.3 Å². The molecule has 2 unspecified atom stereocenters. The van der Waals surface area contributed by atoms with E-state index in [1.165, 1.54) is 0 Å². The average molecular weight is 266 g/mol. The number of rotatable bonds is 9. The van der Waals surface area contributed by atoms with Crippen LogP contribution in [-0.4, -0.2) is 31.9 Å². The number of methoxy groups -OCH3 is 2. The molecule has 1 aromatic heterocycles. The maximum absolute atomic E-state index is 5.65. The SMILES string of the molecule is CCCNC(c1ncccc1OC)C(CCC)OC. The van der Waals surface area contributed by atoms with Crippen molar-refractivity contribution in [3.05, 3.63) is 24.0 Å². The predicted molar refractivity (Wildman–Crippen MR) is 77.5 cm³/mol. The number of hydrogen-bond donors (Lipinski definition) is 1. The molecule has 0 aliphatic carbocycles. The van der Waals surface area contributed by atoms with Crippen LogP contribution in [0.2, 0.25) is 0 Å². The molecule has 0 bridgehead atoms. The average Bonchev–Trinajstić information content (AvgIpc) is 2.46. The molecule has 1 rings (SSSR count). The molecule has 0 radical (unpaired) electrons. The maximum Gasteiger partial charge on any atom is 0.142 e. The summed E-state index contributed by atoms with van der Waals surface area (Å²) >= 11 is 0. The number of nitrogens with zero attached hydrogens (tertiary/aromatic N) is 1. The molecule has 0 aliphatic rings. The van der Waals surface area contributed by atoms with E-state index in [4.69, 9.17) is 9.47 Å². The summed E-state index contributed by atoms with van der Waals surface area (Å²) in [5.74, 6) is 0.814. The van der Waals surface area contributed by atoms with Crippen LogP contribution in [0, 0.1) is 0 Å². The van der Waals surface area contributed by atoms with Crippen molar-refractivity contribution in [1.29, 1.82) is 0 Å². The summed E-state index contributed by atoms with van der Waals surface area (Å²) in [4.78, 5) is 4.49. The van der Waals surface area contributed by atoms with Crippen molar-refractivity contribution in [2.45, 2.75) is 45.3 Å². The van der Waals surface area contributed by atoms with Gasteiger partial charge in [0.05, 0.1) is 19.3 Å². The van der Waals surface area contributed by atoms with Gasteiger partial charge in [-0.3, -0.25) is 4.98 Å². The van der Waals surface area contributed by atoms with E-state index in [2.05, 4.69) is 24.1 Å². The zero-order valence-electron chi connectivity index (χ0n) is 12.5. The lowest BCUT2D eigenvalue weighted by molar-refractivity contribution is 0.0584. The lowest BCUT2D eigenvalue weighted by Crippen LogP contribution is -2.34. The van der Waals surface area contributed by atoms with Gasteiger partial charge in [0.15, 0.2) is 0 Å². The highest BCUT2D eigenvalue weighted by molar-refractivity contribution is 5.30. The van der Waals surface area contributed by atoms with Gasteiger partial charge in [-0.25, -0.2) is 0 Å². The van der Waals surface area contributed by atoms with Crippen molar-refractivity contribution in [3.8, 4) is 5.75 Å². The van der Waals surface area contributed by atoms with Crippen molar-refractivity contribution >= 4 is 0 Å². The molecule has 1 heterocycles. The highest BCUT2D eigenvalue weighted by atomic mass is 16.5. The molecule has 1 aromatic rings. The van der Waals surface area contributed by atoms with E-state index >= 15 is 0 Å². The Kier molecular flexibility index (Phi) is 7.45. The van der Waals surface area contributed by atoms with Crippen LogP contribution >= 0.6 is 0 Å². The third-order valence-electron chi connectivity index (χ3n) is 3.18. The maximum atomic E-state index is 5.65. The monoisotopic (exact) mass is 266 g/mol. The van der Waals surface area contributed by atoms with E-state index in [1.54, 1.807) is 20.4 Å². The Morgan fingerprint density at radius 3 is 2.63 bits per heavy atom. The minimum atomic E-state index is 0.0704. The van der Waals surface area contributed by atoms with E-state index < -0.39 is 0 Å². The smallest absolute Gasteiger partial charge is 0.142 e. The zero-order valence-corrected chi connectivity index (χ0v) is 12.5. The molecule has 4 nitrogen and oxygen atoms in total. The normalized spacial score (nSPS) is 14.1. The molecule has 108 valence electrons. The molecule has 0 aliphatic heterocycles. The Bertz CT molecular complexity index is 358. The van der Waals surface area contributed by atoms with Crippen LogP contribution in [0.4, 0.5) is 0 Å². The van der Waals surface area contributed by atoms with Crippen LogP contribution < -0.4 is 10.1 Å². The van der Waals surface area contributed by atoms with Gasteiger partial charge >= 0.3 is 0 Å².